The van der Waals surface area contributed by atoms with Crippen molar-refractivity contribution in [3.05, 3.63) is 23.5 Å². The molecule has 2 aromatic heterocycles. The number of nitrogens with zero attached hydrogens (tertiary/aromatic N) is 3. The minimum atomic E-state index is -4.52. The molecule has 3 rings (SSSR count). The van der Waals surface area contributed by atoms with Crippen molar-refractivity contribution in [3.63, 3.8) is 0 Å². The van der Waals surface area contributed by atoms with Crippen LogP contribution >= 0.6 is 0 Å². The SMILES string of the molecule is CC(C)NC(=O)OC1COC(c2cc(NC(=O)c3cc(OCC(F)(F)F)nn3C)n[nH]2)C1. The van der Waals surface area contributed by atoms with Crippen LogP contribution in [-0.2, 0) is 16.5 Å². The minimum Gasteiger partial charge on any atom is -0.467 e. The molecule has 2 amide bonds. The van der Waals surface area contributed by atoms with Crippen molar-refractivity contribution in [2.75, 3.05) is 18.5 Å². The summed E-state index contributed by atoms with van der Waals surface area (Å²) in [6, 6.07) is 2.60. The monoisotopic (exact) mass is 460 g/mol. The molecule has 1 saturated heterocycles. The number of carbonyl (C=O) groups is 2. The molecule has 0 saturated carbocycles. The van der Waals surface area contributed by atoms with Crippen molar-refractivity contribution in [1.82, 2.24) is 25.3 Å². The van der Waals surface area contributed by atoms with Crippen LogP contribution in [-0.4, -0.2) is 63.5 Å². The van der Waals surface area contributed by atoms with Crippen molar-refractivity contribution in [2.45, 2.75) is 44.7 Å². The first kappa shape index (κ1) is 23.4. The third-order valence-electron chi connectivity index (χ3n) is 4.30. The van der Waals surface area contributed by atoms with Crippen LogP contribution in [0.1, 0.15) is 42.6 Å². The van der Waals surface area contributed by atoms with E-state index in [0.717, 1.165) is 10.7 Å². The quantitative estimate of drug-likeness (QED) is 0.578. The van der Waals surface area contributed by atoms with E-state index in [-0.39, 0.29) is 30.0 Å². The summed E-state index contributed by atoms with van der Waals surface area (Å²) in [5.41, 5.74) is 0.545. The van der Waals surface area contributed by atoms with Gasteiger partial charge >= 0.3 is 12.3 Å². The molecule has 3 heterocycles. The molecule has 2 atom stereocenters. The predicted octanol–water partition coefficient (Wildman–Crippen LogP) is 2.30. The van der Waals surface area contributed by atoms with Crippen molar-refractivity contribution < 1.29 is 37.0 Å². The van der Waals surface area contributed by atoms with Gasteiger partial charge < -0.3 is 24.8 Å². The topological polar surface area (TPSA) is 132 Å². The molecule has 1 fully saturated rings. The first-order chi connectivity index (χ1) is 15.0. The average Bonchev–Trinajstić information content (AvgIpc) is 3.38. The fourth-order valence-corrected chi connectivity index (χ4v) is 2.94. The van der Waals surface area contributed by atoms with Crippen LogP contribution in [0.3, 0.4) is 0 Å². The Balaban J connectivity index is 1.55. The van der Waals surface area contributed by atoms with Crippen molar-refractivity contribution >= 4 is 17.8 Å². The first-order valence-electron chi connectivity index (χ1n) is 9.69. The fourth-order valence-electron chi connectivity index (χ4n) is 2.94. The van der Waals surface area contributed by atoms with Gasteiger partial charge in [-0.3, -0.25) is 14.6 Å². The molecule has 32 heavy (non-hydrogen) atoms. The lowest BCUT2D eigenvalue weighted by Gasteiger charge is -2.13. The highest BCUT2D eigenvalue weighted by molar-refractivity contribution is 6.02. The van der Waals surface area contributed by atoms with Gasteiger partial charge in [-0.2, -0.15) is 18.3 Å². The number of aryl methyl sites for hydroxylation is 1. The van der Waals surface area contributed by atoms with Gasteiger partial charge in [0.1, 0.15) is 17.9 Å². The lowest BCUT2D eigenvalue weighted by Crippen LogP contribution is -2.33. The second-order valence-corrected chi connectivity index (χ2v) is 7.44. The molecule has 0 aliphatic carbocycles. The second-order valence-electron chi connectivity index (χ2n) is 7.44. The Morgan fingerprint density at radius 3 is 2.81 bits per heavy atom. The number of anilines is 1. The van der Waals surface area contributed by atoms with E-state index in [1.807, 2.05) is 13.8 Å². The van der Waals surface area contributed by atoms with Crippen molar-refractivity contribution in [2.24, 2.45) is 7.05 Å². The Labute approximate surface area is 180 Å². The Bertz CT molecular complexity index is 957. The van der Waals surface area contributed by atoms with Crippen molar-refractivity contribution in [3.8, 4) is 5.88 Å². The lowest BCUT2D eigenvalue weighted by atomic mass is 10.1. The van der Waals surface area contributed by atoms with Gasteiger partial charge in [-0.25, -0.2) is 4.79 Å². The Kier molecular flexibility index (Phi) is 6.91. The largest absolute Gasteiger partial charge is 0.467 e. The maximum atomic E-state index is 12.4. The number of alkyl halides is 3. The van der Waals surface area contributed by atoms with Crippen LogP contribution in [0.15, 0.2) is 12.1 Å². The van der Waals surface area contributed by atoms with Crippen LogP contribution < -0.4 is 15.4 Å². The van der Waals surface area contributed by atoms with Gasteiger partial charge in [0.2, 0.25) is 5.88 Å². The summed E-state index contributed by atoms with van der Waals surface area (Å²) in [6.07, 6.45) is -5.48. The summed E-state index contributed by atoms with van der Waals surface area (Å²) in [6.45, 7) is 2.33. The molecule has 0 aromatic carbocycles. The van der Waals surface area contributed by atoms with Gasteiger partial charge in [0.25, 0.3) is 5.91 Å². The molecule has 14 heteroatoms. The van der Waals surface area contributed by atoms with Gasteiger partial charge in [-0.15, -0.1) is 5.10 Å². The molecular formula is C18H23F3N6O5. The van der Waals surface area contributed by atoms with E-state index in [1.54, 1.807) is 6.07 Å². The fraction of sp³-hybridized carbons (Fsp3) is 0.556. The Morgan fingerprint density at radius 2 is 2.12 bits per heavy atom. The van der Waals surface area contributed by atoms with E-state index < -0.39 is 37.0 Å². The number of rotatable bonds is 7. The molecular weight excluding hydrogens is 437 g/mol. The molecule has 2 unspecified atom stereocenters. The summed E-state index contributed by atoms with van der Waals surface area (Å²) in [5, 5.41) is 15.6. The second kappa shape index (κ2) is 9.46. The Hall–Kier alpha value is -3.29. The standard InChI is InChI=1S/C18H23F3N6O5/c1-9(2)22-17(29)32-10-4-13(30-7-10)11-5-14(25-24-11)23-16(28)12-6-15(26-27(12)3)31-8-18(19,20)21/h5-6,9-10,13H,4,7-8H2,1-3H3,(H,22,29)(H2,23,24,25,28). The maximum Gasteiger partial charge on any atom is 0.422 e. The van der Waals surface area contributed by atoms with Crippen LogP contribution in [0.4, 0.5) is 23.8 Å². The predicted molar refractivity (Wildman–Crippen MR) is 103 cm³/mol. The molecule has 1 aliphatic rings. The number of hydrogen-bond acceptors (Lipinski definition) is 7. The van der Waals surface area contributed by atoms with E-state index in [0.29, 0.717) is 12.1 Å². The third kappa shape index (κ3) is 6.35. The van der Waals surface area contributed by atoms with Crippen LogP contribution in [0.25, 0.3) is 0 Å². The molecule has 0 bridgehead atoms. The highest BCUT2D eigenvalue weighted by Crippen LogP contribution is 2.30. The van der Waals surface area contributed by atoms with Gasteiger partial charge in [-0.1, -0.05) is 0 Å². The number of hydrogen-bond donors (Lipinski definition) is 3. The first-order valence-corrected chi connectivity index (χ1v) is 9.69. The molecule has 176 valence electrons. The summed E-state index contributed by atoms with van der Waals surface area (Å²) < 4.78 is 53.4. The number of aromatic amines is 1. The summed E-state index contributed by atoms with van der Waals surface area (Å²) >= 11 is 0. The van der Waals surface area contributed by atoms with E-state index in [2.05, 4.69) is 30.7 Å². The number of ether oxygens (including phenoxy) is 3. The summed E-state index contributed by atoms with van der Waals surface area (Å²) in [7, 11) is 1.40. The molecule has 0 spiro atoms. The van der Waals surface area contributed by atoms with E-state index in [9.17, 15) is 22.8 Å². The average molecular weight is 460 g/mol. The van der Waals surface area contributed by atoms with Crippen LogP contribution in [0.2, 0.25) is 0 Å². The third-order valence-corrected chi connectivity index (χ3v) is 4.30. The number of carbonyl (C=O) groups excluding carboxylic acids is 2. The number of H-pyrrole nitrogens is 1. The molecule has 0 radical (unpaired) electrons. The molecule has 1 aliphatic heterocycles. The normalized spacial score (nSPS) is 18.6. The lowest BCUT2D eigenvalue weighted by molar-refractivity contribution is -0.154. The van der Waals surface area contributed by atoms with Gasteiger partial charge in [0.05, 0.1) is 12.3 Å². The van der Waals surface area contributed by atoms with Gasteiger partial charge in [0, 0.05) is 31.6 Å². The zero-order valence-electron chi connectivity index (χ0n) is 17.5. The number of amides is 2. The number of aromatic nitrogens is 4. The smallest absolute Gasteiger partial charge is 0.422 e. The highest BCUT2D eigenvalue weighted by Gasteiger charge is 2.31. The van der Waals surface area contributed by atoms with Crippen LogP contribution in [0, 0.1) is 0 Å². The molecule has 3 N–H and O–H groups in total. The van der Waals surface area contributed by atoms with Gasteiger partial charge in [-0.05, 0) is 13.8 Å². The summed E-state index contributed by atoms with van der Waals surface area (Å²) in [5.74, 6) is -0.794. The number of nitrogens with one attached hydrogen (secondary N) is 3. The number of halogens is 3. The summed E-state index contributed by atoms with van der Waals surface area (Å²) in [4.78, 5) is 24.1. The minimum absolute atomic E-state index is 0.0199. The van der Waals surface area contributed by atoms with E-state index >= 15 is 0 Å². The zero-order chi connectivity index (χ0) is 23.5. The maximum absolute atomic E-state index is 12.4. The zero-order valence-corrected chi connectivity index (χ0v) is 17.5. The van der Waals surface area contributed by atoms with E-state index in [1.165, 1.54) is 7.05 Å². The van der Waals surface area contributed by atoms with Gasteiger partial charge in [0.15, 0.2) is 12.4 Å². The van der Waals surface area contributed by atoms with Crippen molar-refractivity contribution in [1.29, 1.82) is 0 Å². The van der Waals surface area contributed by atoms with Crippen LogP contribution in [0.5, 0.6) is 5.88 Å². The molecule has 2 aromatic rings. The molecule has 11 nitrogen and oxygen atoms in total. The Morgan fingerprint density at radius 1 is 1.38 bits per heavy atom. The van der Waals surface area contributed by atoms with E-state index in [4.69, 9.17) is 9.47 Å². The number of alkyl carbamates (subject to hydrolysis) is 1. The highest BCUT2D eigenvalue weighted by atomic mass is 19.4.